The summed E-state index contributed by atoms with van der Waals surface area (Å²) in [6.07, 6.45) is -1.43. The molecule has 1 fully saturated rings. The first-order chi connectivity index (χ1) is 16.0. The van der Waals surface area contributed by atoms with Crippen molar-refractivity contribution < 1.29 is 18.0 Å². The van der Waals surface area contributed by atoms with E-state index in [1.807, 2.05) is 20.8 Å². The smallest absolute Gasteiger partial charge is 0.353 e. The third-order valence-corrected chi connectivity index (χ3v) is 6.33. The topological polar surface area (TPSA) is 102 Å². The normalized spacial score (nSPS) is 19.1. The van der Waals surface area contributed by atoms with Gasteiger partial charge in [-0.2, -0.15) is 13.2 Å². The van der Waals surface area contributed by atoms with Crippen LogP contribution >= 0.6 is 0 Å². The molecule has 1 saturated carbocycles. The Balaban J connectivity index is 1.80. The summed E-state index contributed by atoms with van der Waals surface area (Å²) in [4.78, 5) is 44.6. The van der Waals surface area contributed by atoms with E-state index in [9.17, 15) is 27.6 Å². The number of hydrogen-bond acceptors (Lipinski definition) is 4. The number of rotatable bonds is 9. The zero-order valence-corrected chi connectivity index (χ0v) is 20.0. The van der Waals surface area contributed by atoms with E-state index >= 15 is 0 Å². The van der Waals surface area contributed by atoms with Gasteiger partial charge in [0.25, 0.3) is 5.56 Å². The Morgan fingerprint density at radius 3 is 2.62 bits per heavy atom. The van der Waals surface area contributed by atoms with Crippen molar-refractivity contribution in [2.24, 2.45) is 11.8 Å². The van der Waals surface area contributed by atoms with Crippen LogP contribution in [0.5, 0.6) is 0 Å². The zero-order valence-electron chi connectivity index (χ0n) is 20.0. The van der Waals surface area contributed by atoms with Crippen LogP contribution in [0.4, 0.5) is 13.2 Å². The number of alkyl halides is 3. The van der Waals surface area contributed by atoms with Crippen LogP contribution in [0.15, 0.2) is 9.59 Å². The Kier molecular flexibility index (Phi) is 8.25. The number of amides is 1. The minimum atomic E-state index is -4.24. The average molecular weight is 486 g/mol. The van der Waals surface area contributed by atoms with Crippen molar-refractivity contribution >= 4 is 17.1 Å². The molecule has 2 atom stereocenters. The molecule has 1 aliphatic carbocycles. The van der Waals surface area contributed by atoms with E-state index in [-0.39, 0.29) is 37.5 Å². The molecule has 0 radical (unpaired) electrons. The molecule has 2 aromatic rings. The standard InChI is InChI=1S/C23H34F3N5O3/c1-4-5-11-30-20-19(21(33)29-22(30)34)31(13-14(2)3)17(28-20)9-10-18(32)27-16-8-6-7-15(12-16)23(24,25)26/h14-16H,4-13H2,1-3H3,(H,27,32)(H,29,33,34)/t15-,16-/m1/s1. The van der Waals surface area contributed by atoms with Gasteiger partial charge < -0.3 is 9.88 Å². The van der Waals surface area contributed by atoms with Crippen LogP contribution in [-0.4, -0.2) is 37.2 Å². The first-order valence-corrected chi connectivity index (χ1v) is 12.1. The summed E-state index contributed by atoms with van der Waals surface area (Å²) in [5, 5.41) is 2.75. The summed E-state index contributed by atoms with van der Waals surface area (Å²) in [6, 6.07) is -0.496. The zero-order chi connectivity index (χ0) is 25.0. The van der Waals surface area contributed by atoms with Gasteiger partial charge in [0.15, 0.2) is 11.2 Å². The Bertz CT molecular complexity index is 1120. The lowest BCUT2D eigenvalue weighted by molar-refractivity contribution is -0.184. The van der Waals surface area contributed by atoms with Crippen molar-refractivity contribution in [1.82, 2.24) is 24.4 Å². The van der Waals surface area contributed by atoms with Crippen LogP contribution < -0.4 is 16.6 Å². The van der Waals surface area contributed by atoms with Crippen molar-refractivity contribution in [3.63, 3.8) is 0 Å². The maximum Gasteiger partial charge on any atom is 0.391 e. The first kappa shape index (κ1) is 26.0. The molecular weight excluding hydrogens is 451 g/mol. The molecule has 3 rings (SSSR count). The molecule has 1 amide bonds. The van der Waals surface area contributed by atoms with Crippen LogP contribution in [0.1, 0.15) is 71.5 Å². The van der Waals surface area contributed by atoms with Crippen LogP contribution in [0.3, 0.4) is 0 Å². The number of aryl methyl sites for hydroxylation is 2. The van der Waals surface area contributed by atoms with Gasteiger partial charge in [0, 0.05) is 32.0 Å². The number of aromatic nitrogens is 4. The SMILES string of the molecule is CCCCn1c(=O)[nH]c(=O)c2c1nc(CCC(=O)N[C@@H]1CCC[C@@H](C(F)(F)F)C1)n2CC(C)C. The van der Waals surface area contributed by atoms with Gasteiger partial charge >= 0.3 is 11.9 Å². The molecule has 0 unspecified atom stereocenters. The Labute approximate surface area is 195 Å². The van der Waals surface area contributed by atoms with E-state index in [2.05, 4.69) is 15.3 Å². The highest BCUT2D eigenvalue weighted by Gasteiger charge is 2.42. The fraction of sp³-hybridized carbons (Fsp3) is 0.739. The summed E-state index contributed by atoms with van der Waals surface area (Å²) in [5.41, 5.74) is -0.420. The van der Waals surface area contributed by atoms with E-state index in [1.165, 1.54) is 4.57 Å². The summed E-state index contributed by atoms with van der Waals surface area (Å²) in [6.45, 7) is 6.88. The van der Waals surface area contributed by atoms with Gasteiger partial charge in [-0.15, -0.1) is 0 Å². The van der Waals surface area contributed by atoms with E-state index in [0.717, 1.165) is 12.8 Å². The van der Waals surface area contributed by atoms with Crippen LogP contribution in [0.25, 0.3) is 11.2 Å². The number of hydrogen-bond donors (Lipinski definition) is 2. The van der Waals surface area contributed by atoms with Crippen molar-refractivity contribution in [2.75, 3.05) is 0 Å². The monoisotopic (exact) mass is 485 g/mol. The van der Waals surface area contributed by atoms with E-state index in [4.69, 9.17) is 0 Å². The maximum atomic E-state index is 13.1. The van der Waals surface area contributed by atoms with Gasteiger partial charge in [-0.1, -0.05) is 33.6 Å². The highest BCUT2D eigenvalue weighted by molar-refractivity contribution is 5.77. The van der Waals surface area contributed by atoms with Crippen molar-refractivity contribution in [3.05, 3.63) is 26.7 Å². The third kappa shape index (κ3) is 6.09. The minimum absolute atomic E-state index is 0.0334. The minimum Gasteiger partial charge on any atom is -0.353 e. The quantitative estimate of drug-likeness (QED) is 0.568. The molecule has 2 N–H and O–H groups in total. The fourth-order valence-corrected chi connectivity index (χ4v) is 4.64. The number of carbonyl (C=O) groups is 1. The molecule has 0 spiro atoms. The van der Waals surface area contributed by atoms with Crippen LogP contribution in [-0.2, 0) is 24.3 Å². The second-order valence-corrected chi connectivity index (χ2v) is 9.64. The molecule has 2 heterocycles. The number of imidazole rings is 1. The summed E-state index contributed by atoms with van der Waals surface area (Å²) in [7, 11) is 0. The summed E-state index contributed by atoms with van der Waals surface area (Å²) < 4.78 is 42.4. The van der Waals surface area contributed by atoms with Crippen LogP contribution in [0.2, 0.25) is 0 Å². The van der Waals surface area contributed by atoms with Gasteiger partial charge in [0.05, 0.1) is 5.92 Å². The average Bonchev–Trinajstić information content (AvgIpc) is 3.09. The second kappa shape index (κ2) is 10.8. The van der Waals surface area contributed by atoms with Gasteiger partial charge in [0.1, 0.15) is 5.82 Å². The number of nitrogens with zero attached hydrogens (tertiary/aromatic N) is 3. The lowest BCUT2D eigenvalue weighted by atomic mass is 9.85. The van der Waals surface area contributed by atoms with Gasteiger partial charge in [-0.25, -0.2) is 9.78 Å². The van der Waals surface area contributed by atoms with E-state index < -0.39 is 29.4 Å². The first-order valence-electron chi connectivity index (χ1n) is 12.1. The van der Waals surface area contributed by atoms with Gasteiger partial charge in [0.2, 0.25) is 5.91 Å². The van der Waals surface area contributed by atoms with Crippen molar-refractivity contribution in [2.45, 2.75) is 97.4 Å². The lowest BCUT2D eigenvalue weighted by Gasteiger charge is -2.31. The maximum absolute atomic E-state index is 13.1. The van der Waals surface area contributed by atoms with Crippen molar-refractivity contribution in [1.29, 1.82) is 0 Å². The Hall–Kier alpha value is -2.59. The molecule has 0 aliphatic heterocycles. The third-order valence-electron chi connectivity index (χ3n) is 6.33. The fourth-order valence-electron chi connectivity index (χ4n) is 4.64. The van der Waals surface area contributed by atoms with Gasteiger partial charge in [-0.3, -0.25) is 19.1 Å². The number of fused-ring (bicyclic) bond motifs is 1. The molecule has 190 valence electrons. The number of halogens is 3. The summed E-state index contributed by atoms with van der Waals surface area (Å²) in [5.74, 6) is -1.03. The molecule has 34 heavy (non-hydrogen) atoms. The highest BCUT2D eigenvalue weighted by atomic mass is 19.4. The number of nitrogens with one attached hydrogen (secondary N) is 2. The van der Waals surface area contributed by atoms with Crippen molar-refractivity contribution in [3.8, 4) is 0 Å². The highest BCUT2D eigenvalue weighted by Crippen LogP contribution is 2.37. The lowest BCUT2D eigenvalue weighted by Crippen LogP contribution is -2.41. The molecule has 8 nitrogen and oxygen atoms in total. The number of unbranched alkanes of at least 4 members (excludes halogenated alkanes) is 1. The molecule has 1 aliphatic rings. The number of aromatic amines is 1. The van der Waals surface area contributed by atoms with E-state index in [1.54, 1.807) is 4.57 Å². The number of carbonyl (C=O) groups excluding carboxylic acids is 1. The second-order valence-electron chi connectivity index (χ2n) is 9.64. The Morgan fingerprint density at radius 2 is 1.97 bits per heavy atom. The molecule has 11 heteroatoms. The number of H-pyrrole nitrogens is 1. The molecule has 0 bridgehead atoms. The van der Waals surface area contributed by atoms with E-state index in [0.29, 0.717) is 42.9 Å². The molecule has 0 saturated heterocycles. The molecular formula is C23H34F3N5O3. The predicted octanol–water partition coefficient (Wildman–Crippen LogP) is 3.51. The van der Waals surface area contributed by atoms with Gasteiger partial charge in [-0.05, 0) is 31.6 Å². The molecule has 0 aromatic carbocycles. The predicted molar refractivity (Wildman–Crippen MR) is 123 cm³/mol. The largest absolute Gasteiger partial charge is 0.391 e. The Morgan fingerprint density at radius 1 is 1.24 bits per heavy atom. The summed E-state index contributed by atoms with van der Waals surface area (Å²) >= 11 is 0. The molecule has 2 aromatic heterocycles. The van der Waals surface area contributed by atoms with Crippen LogP contribution in [0, 0.1) is 11.8 Å².